The van der Waals surface area contributed by atoms with Crippen LogP contribution in [0.2, 0.25) is 0 Å². The van der Waals surface area contributed by atoms with Gasteiger partial charge in [0.25, 0.3) is 20.2 Å². The Balaban J connectivity index is 4.89. The van der Waals surface area contributed by atoms with Gasteiger partial charge >= 0.3 is 5.97 Å². The van der Waals surface area contributed by atoms with Crippen LogP contribution in [0.3, 0.4) is 0 Å². The van der Waals surface area contributed by atoms with E-state index in [4.69, 9.17) is 5.11 Å². The van der Waals surface area contributed by atoms with Crippen LogP contribution in [0.4, 0.5) is 0 Å². The van der Waals surface area contributed by atoms with Crippen LogP contribution in [-0.2, 0) is 25.0 Å². The molecule has 0 aliphatic carbocycles. The molecule has 0 saturated heterocycles. The summed E-state index contributed by atoms with van der Waals surface area (Å²) in [6.07, 6.45) is 0.674. The molecule has 12 heteroatoms. The first-order valence-electron chi connectivity index (χ1n) is 10.3. The minimum atomic E-state index is -4.75. The maximum absolute atomic E-state index is 11.7. The molecule has 4 atom stereocenters. The third-order valence-corrected chi connectivity index (χ3v) is 7.67. The van der Waals surface area contributed by atoms with Gasteiger partial charge in [-0.3, -0.25) is 13.9 Å². The molecule has 0 aliphatic rings. The second-order valence-electron chi connectivity index (χ2n) is 7.67. The Bertz CT molecular complexity index is 690. The molecule has 0 aromatic rings. The van der Waals surface area contributed by atoms with Crippen LogP contribution in [0.25, 0.3) is 0 Å². The molecule has 0 radical (unpaired) electrons. The molecule has 4 unspecified atom stereocenters. The molecule has 0 spiro atoms. The lowest BCUT2D eigenvalue weighted by atomic mass is 9.99. The molecule has 5 N–H and O–H groups in total. The van der Waals surface area contributed by atoms with Crippen LogP contribution in [0.5, 0.6) is 0 Å². The summed E-state index contributed by atoms with van der Waals surface area (Å²) in [6.45, 7) is 1.92. The number of hydrogen-bond donors (Lipinski definition) is 5. The first-order chi connectivity index (χ1) is 13.8. The lowest BCUT2D eigenvalue weighted by Crippen LogP contribution is -2.42. The Hall–Kier alpha value is -0.790. The van der Waals surface area contributed by atoms with Gasteiger partial charge in [-0.05, 0) is 25.7 Å². The van der Waals surface area contributed by atoms with Gasteiger partial charge in [0.05, 0.1) is 12.2 Å². The minimum absolute atomic E-state index is 0.0456. The second kappa shape index (κ2) is 14.3. The zero-order valence-electron chi connectivity index (χ0n) is 17.4. The molecule has 0 aliphatic heterocycles. The summed E-state index contributed by atoms with van der Waals surface area (Å²) in [7, 11) is -9.45. The van der Waals surface area contributed by atoms with E-state index in [-0.39, 0.29) is 19.3 Å². The zero-order chi connectivity index (χ0) is 23.4. The number of carboxylic acid groups (broad SMARTS) is 1. The number of carbonyl (C=O) groups is 1. The number of aliphatic carboxylic acids is 1. The van der Waals surface area contributed by atoms with Crippen LogP contribution in [-0.4, -0.2) is 69.9 Å². The fourth-order valence-electron chi connectivity index (χ4n) is 3.35. The van der Waals surface area contributed by atoms with Crippen molar-refractivity contribution in [2.24, 2.45) is 0 Å². The molecule has 180 valence electrons. The second-order valence-corrected chi connectivity index (χ2v) is 10.9. The van der Waals surface area contributed by atoms with Crippen molar-refractivity contribution in [1.29, 1.82) is 0 Å². The molecule has 0 aromatic heterocycles. The van der Waals surface area contributed by atoms with E-state index in [0.29, 0.717) is 38.5 Å². The molecular weight excluding hydrogens is 440 g/mol. The summed E-state index contributed by atoms with van der Waals surface area (Å²) in [5, 5.41) is 25.6. The molecular formula is C18H36O10S2. The van der Waals surface area contributed by atoms with E-state index >= 15 is 0 Å². The van der Waals surface area contributed by atoms with Crippen LogP contribution >= 0.6 is 0 Å². The summed E-state index contributed by atoms with van der Waals surface area (Å²) in [6, 6.07) is 0. The van der Waals surface area contributed by atoms with Gasteiger partial charge in [0.1, 0.15) is 10.5 Å². The Kier molecular flexibility index (Phi) is 13.9. The quantitative estimate of drug-likeness (QED) is 0.145. The number of unbranched alkanes of at least 4 members (excludes halogenated alkanes) is 6. The van der Waals surface area contributed by atoms with Crippen molar-refractivity contribution in [3.8, 4) is 0 Å². The third-order valence-electron chi connectivity index (χ3n) is 5.08. The van der Waals surface area contributed by atoms with Crippen molar-refractivity contribution in [2.75, 3.05) is 0 Å². The Morgan fingerprint density at radius 2 is 1.23 bits per heavy atom. The van der Waals surface area contributed by atoms with Crippen LogP contribution < -0.4 is 0 Å². The molecule has 0 saturated carbocycles. The summed E-state index contributed by atoms with van der Waals surface area (Å²) in [5.41, 5.74) is 0. The van der Waals surface area contributed by atoms with Gasteiger partial charge in [-0.25, -0.2) is 0 Å². The average molecular weight is 477 g/mol. The Morgan fingerprint density at radius 3 is 1.73 bits per heavy atom. The van der Waals surface area contributed by atoms with Gasteiger partial charge in [-0.2, -0.15) is 16.8 Å². The maximum Gasteiger partial charge on any atom is 0.303 e. The van der Waals surface area contributed by atoms with Crippen molar-refractivity contribution < 1.29 is 46.1 Å². The van der Waals surface area contributed by atoms with E-state index in [1.54, 1.807) is 0 Å². The standard InChI is InChI=1S/C18H36O10S2/c1-2-3-7-10-14(19)17(30(26,27)28)13-15(20)16(29(23,24)25)11-8-5-4-6-9-12-18(21)22/h14-17,19-20H,2-13H2,1H3,(H,21,22)(H,23,24,25)(H,26,27,28). The van der Waals surface area contributed by atoms with Crippen molar-refractivity contribution in [3.05, 3.63) is 0 Å². The first-order valence-corrected chi connectivity index (χ1v) is 13.3. The molecule has 0 heterocycles. The molecule has 0 rings (SSSR count). The number of rotatable bonds is 18. The van der Waals surface area contributed by atoms with E-state index in [1.807, 2.05) is 6.92 Å². The Labute approximate surface area is 179 Å². The molecule has 10 nitrogen and oxygen atoms in total. The average Bonchev–Trinajstić information content (AvgIpc) is 2.59. The molecule has 0 aromatic carbocycles. The van der Waals surface area contributed by atoms with Crippen LogP contribution in [0.1, 0.15) is 84.0 Å². The van der Waals surface area contributed by atoms with E-state index < -0.39 is 55.3 Å². The highest BCUT2D eigenvalue weighted by atomic mass is 32.2. The van der Waals surface area contributed by atoms with Crippen molar-refractivity contribution in [3.63, 3.8) is 0 Å². The van der Waals surface area contributed by atoms with Gasteiger partial charge < -0.3 is 15.3 Å². The fraction of sp³-hybridized carbons (Fsp3) is 0.944. The molecule has 30 heavy (non-hydrogen) atoms. The molecule has 0 fully saturated rings. The minimum Gasteiger partial charge on any atom is -0.481 e. The number of aliphatic hydroxyl groups excluding tert-OH is 2. The maximum atomic E-state index is 11.7. The highest BCUT2D eigenvalue weighted by molar-refractivity contribution is 7.86. The van der Waals surface area contributed by atoms with Crippen LogP contribution in [0.15, 0.2) is 0 Å². The first kappa shape index (κ1) is 29.2. The van der Waals surface area contributed by atoms with E-state index in [9.17, 15) is 40.9 Å². The van der Waals surface area contributed by atoms with E-state index in [1.165, 1.54) is 0 Å². The van der Waals surface area contributed by atoms with Gasteiger partial charge in [0.15, 0.2) is 0 Å². The van der Waals surface area contributed by atoms with Gasteiger partial charge in [-0.1, -0.05) is 51.9 Å². The van der Waals surface area contributed by atoms with Crippen molar-refractivity contribution >= 4 is 26.2 Å². The van der Waals surface area contributed by atoms with Gasteiger partial charge in [-0.15, -0.1) is 0 Å². The largest absolute Gasteiger partial charge is 0.481 e. The van der Waals surface area contributed by atoms with Gasteiger partial charge in [0, 0.05) is 6.42 Å². The van der Waals surface area contributed by atoms with Gasteiger partial charge in [0.2, 0.25) is 0 Å². The summed E-state index contributed by atoms with van der Waals surface area (Å²) >= 11 is 0. The monoisotopic (exact) mass is 476 g/mol. The summed E-state index contributed by atoms with van der Waals surface area (Å²) in [5.74, 6) is -0.894. The predicted molar refractivity (Wildman–Crippen MR) is 111 cm³/mol. The summed E-state index contributed by atoms with van der Waals surface area (Å²) in [4.78, 5) is 10.4. The van der Waals surface area contributed by atoms with Crippen molar-refractivity contribution in [1.82, 2.24) is 0 Å². The zero-order valence-corrected chi connectivity index (χ0v) is 19.0. The highest BCUT2D eigenvalue weighted by Crippen LogP contribution is 2.23. The SMILES string of the molecule is CCCCCC(O)C(CC(O)C(CCCCCCCC(=O)O)S(=O)(=O)O)S(=O)(=O)O. The Morgan fingerprint density at radius 1 is 0.733 bits per heavy atom. The number of hydrogen-bond acceptors (Lipinski definition) is 7. The smallest absolute Gasteiger partial charge is 0.303 e. The third kappa shape index (κ3) is 12.8. The van der Waals surface area contributed by atoms with Crippen molar-refractivity contribution in [2.45, 2.75) is 107 Å². The van der Waals surface area contributed by atoms with E-state index in [0.717, 1.165) is 12.8 Å². The molecule has 0 amide bonds. The fourth-order valence-corrected chi connectivity index (χ4v) is 5.29. The lowest BCUT2D eigenvalue weighted by Gasteiger charge is -2.26. The topological polar surface area (TPSA) is 186 Å². The molecule has 0 bridgehead atoms. The summed E-state index contributed by atoms with van der Waals surface area (Å²) < 4.78 is 65.5. The number of aliphatic hydroxyl groups is 2. The van der Waals surface area contributed by atoms with Crippen LogP contribution in [0, 0.1) is 0 Å². The van der Waals surface area contributed by atoms with E-state index in [2.05, 4.69) is 0 Å². The normalized spacial score (nSPS) is 16.7. The predicted octanol–water partition coefficient (Wildman–Crippen LogP) is 2.01. The lowest BCUT2D eigenvalue weighted by molar-refractivity contribution is -0.137. The number of carboxylic acids is 1. The highest BCUT2D eigenvalue weighted by Gasteiger charge is 2.38.